The molecule has 0 radical (unpaired) electrons. The smallest absolute Gasteiger partial charge is 0.267 e. The van der Waals surface area contributed by atoms with Crippen LogP contribution in [0.15, 0.2) is 46.3 Å². The number of thiophene rings is 1. The fourth-order valence-electron chi connectivity index (χ4n) is 4.37. The molecular weight excluding hydrogens is 535 g/mol. The number of halogens is 2. The first-order valence-electron chi connectivity index (χ1n) is 11.3. The first kappa shape index (κ1) is 24.8. The number of hydrogen-bond donors (Lipinski definition) is 1. The van der Waals surface area contributed by atoms with Gasteiger partial charge in [0.15, 0.2) is 5.16 Å². The van der Waals surface area contributed by atoms with E-state index in [9.17, 15) is 14.9 Å². The number of thioether (sulfide) groups is 1. The summed E-state index contributed by atoms with van der Waals surface area (Å²) in [6.45, 7) is 1.86. The summed E-state index contributed by atoms with van der Waals surface area (Å²) in [5.74, 6) is -0.354. The van der Waals surface area contributed by atoms with Gasteiger partial charge in [0, 0.05) is 14.9 Å². The van der Waals surface area contributed by atoms with E-state index in [0.717, 1.165) is 48.6 Å². The minimum absolute atomic E-state index is 0.0139. The lowest BCUT2D eigenvalue weighted by Crippen LogP contribution is -2.24. The number of anilines is 1. The molecule has 1 aliphatic carbocycles. The molecule has 0 aliphatic heterocycles. The topological polar surface area (TPSA) is 87.8 Å². The molecule has 0 spiro atoms. The summed E-state index contributed by atoms with van der Waals surface area (Å²) in [6, 6.07) is 12.1. The van der Waals surface area contributed by atoms with Gasteiger partial charge in [0.2, 0.25) is 5.91 Å². The molecule has 5 rings (SSSR count). The zero-order chi connectivity index (χ0) is 25.4. The van der Waals surface area contributed by atoms with Crippen molar-refractivity contribution in [2.45, 2.75) is 37.8 Å². The van der Waals surface area contributed by atoms with Crippen LogP contribution in [0.2, 0.25) is 10.0 Å². The Balaban J connectivity index is 1.55. The zero-order valence-electron chi connectivity index (χ0n) is 19.2. The van der Waals surface area contributed by atoms with E-state index < -0.39 is 0 Å². The third kappa shape index (κ3) is 4.64. The molecule has 4 aromatic rings. The van der Waals surface area contributed by atoms with Crippen LogP contribution in [0.4, 0.5) is 5.69 Å². The SMILES string of the molecule is Cc1c(Cl)cccc1-n1c(SCC(=O)Nc2cc(Cl)ccc2C#N)nc2sc3c(c2c1=O)CCCC3. The highest BCUT2D eigenvalue weighted by Gasteiger charge is 2.24. The molecule has 2 aromatic heterocycles. The van der Waals surface area contributed by atoms with Gasteiger partial charge in [0.1, 0.15) is 10.9 Å². The zero-order valence-corrected chi connectivity index (χ0v) is 22.4. The number of aromatic nitrogens is 2. The van der Waals surface area contributed by atoms with Crippen molar-refractivity contribution in [3.63, 3.8) is 0 Å². The van der Waals surface area contributed by atoms with E-state index in [-0.39, 0.29) is 17.2 Å². The summed E-state index contributed by atoms with van der Waals surface area (Å²) in [5.41, 5.74) is 3.01. The standard InChI is InChI=1S/C26H20Cl2N4O2S2/c1-14-18(28)6-4-7-20(14)32-25(34)23-17-5-2-3-8-21(17)36-24(23)31-26(32)35-13-22(33)30-19-11-16(27)10-9-15(19)12-29/h4,6-7,9-11H,2-3,5,8,13H2,1H3,(H,30,33). The van der Waals surface area contributed by atoms with Crippen molar-refractivity contribution in [3.8, 4) is 11.8 Å². The molecule has 2 aromatic carbocycles. The normalized spacial score (nSPS) is 12.8. The third-order valence-electron chi connectivity index (χ3n) is 6.15. The number of rotatable bonds is 5. The Hall–Kier alpha value is -2.83. The second kappa shape index (κ2) is 10.3. The van der Waals surface area contributed by atoms with Crippen LogP contribution in [0.3, 0.4) is 0 Å². The molecule has 1 amide bonds. The van der Waals surface area contributed by atoms with Crippen LogP contribution in [0.1, 0.15) is 34.4 Å². The van der Waals surface area contributed by atoms with Crippen molar-refractivity contribution in [3.05, 3.63) is 78.4 Å². The minimum atomic E-state index is -0.340. The minimum Gasteiger partial charge on any atom is -0.324 e. The predicted molar refractivity (Wildman–Crippen MR) is 147 cm³/mol. The summed E-state index contributed by atoms with van der Waals surface area (Å²) in [5, 5.41) is 14.1. The molecule has 1 N–H and O–H groups in total. The number of hydrogen-bond acceptors (Lipinski definition) is 6. The molecule has 0 saturated heterocycles. The van der Waals surface area contributed by atoms with Crippen LogP contribution in [0.5, 0.6) is 0 Å². The fourth-order valence-corrected chi connectivity index (χ4v) is 6.82. The molecule has 0 saturated carbocycles. The Morgan fingerprint density at radius 3 is 2.86 bits per heavy atom. The monoisotopic (exact) mass is 554 g/mol. The van der Waals surface area contributed by atoms with E-state index in [4.69, 9.17) is 28.2 Å². The van der Waals surface area contributed by atoms with Crippen molar-refractivity contribution in [2.75, 3.05) is 11.1 Å². The Labute approximate surface area is 225 Å². The quantitative estimate of drug-likeness (QED) is 0.223. The van der Waals surface area contributed by atoms with Gasteiger partial charge >= 0.3 is 0 Å². The number of aryl methyl sites for hydroxylation is 2. The lowest BCUT2D eigenvalue weighted by Gasteiger charge is -2.16. The van der Waals surface area contributed by atoms with Crippen LogP contribution in [-0.2, 0) is 17.6 Å². The molecule has 182 valence electrons. The van der Waals surface area contributed by atoms with Gasteiger partial charge in [-0.2, -0.15) is 5.26 Å². The van der Waals surface area contributed by atoms with Gasteiger partial charge in [0.25, 0.3) is 5.56 Å². The number of carbonyl (C=O) groups excluding carboxylic acids is 1. The van der Waals surface area contributed by atoms with Gasteiger partial charge in [0.05, 0.1) is 28.1 Å². The summed E-state index contributed by atoms with van der Waals surface area (Å²) in [4.78, 5) is 33.5. The van der Waals surface area contributed by atoms with Crippen LogP contribution in [0, 0.1) is 18.3 Å². The molecule has 1 aliphatic rings. The number of nitrogens with one attached hydrogen (secondary N) is 1. The Bertz CT molecular complexity index is 1620. The summed E-state index contributed by atoms with van der Waals surface area (Å²) in [7, 11) is 0. The third-order valence-corrected chi connectivity index (χ3v) is 8.92. The number of nitriles is 1. The molecule has 6 nitrogen and oxygen atoms in total. The maximum atomic E-state index is 13.9. The van der Waals surface area contributed by atoms with Crippen molar-refractivity contribution < 1.29 is 4.79 Å². The second-order valence-corrected chi connectivity index (χ2v) is 11.3. The molecular formula is C26H20Cl2N4O2S2. The van der Waals surface area contributed by atoms with Crippen molar-refractivity contribution in [1.29, 1.82) is 5.26 Å². The number of amides is 1. The van der Waals surface area contributed by atoms with E-state index in [1.165, 1.54) is 10.9 Å². The van der Waals surface area contributed by atoms with Gasteiger partial charge in [-0.3, -0.25) is 14.2 Å². The van der Waals surface area contributed by atoms with Gasteiger partial charge < -0.3 is 5.32 Å². The van der Waals surface area contributed by atoms with Gasteiger partial charge in [-0.05, 0) is 74.1 Å². The van der Waals surface area contributed by atoms with Gasteiger partial charge in [-0.1, -0.05) is 41.0 Å². The first-order chi connectivity index (χ1) is 17.4. The number of carbonyl (C=O) groups is 1. The average Bonchev–Trinajstić information content (AvgIpc) is 3.24. The number of nitrogens with zero attached hydrogens (tertiary/aromatic N) is 3. The molecule has 0 atom stereocenters. The predicted octanol–water partition coefficient (Wildman–Crippen LogP) is 6.54. The number of fused-ring (bicyclic) bond motifs is 3. The van der Waals surface area contributed by atoms with Gasteiger partial charge in [-0.25, -0.2) is 4.98 Å². The highest BCUT2D eigenvalue weighted by Crippen LogP contribution is 2.36. The fraction of sp³-hybridized carbons (Fsp3) is 0.231. The number of benzene rings is 2. The summed E-state index contributed by atoms with van der Waals surface area (Å²) < 4.78 is 1.57. The van der Waals surface area contributed by atoms with E-state index in [2.05, 4.69) is 5.32 Å². The van der Waals surface area contributed by atoms with Gasteiger partial charge in [-0.15, -0.1) is 11.3 Å². The van der Waals surface area contributed by atoms with Crippen LogP contribution >= 0.6 is 46.3 Å². The molecule has 0 bridgehead atoms. The van der Waals surface area contributed by atoms with E-state index in [1.807, 2.05) is 19.1 Å². The highest BCUT2D eigenvalue weighted by atomic mass is 35.5. The average molecular weight is 556 g/mol. The van der Waals surface area contributed by atoms with E-state index in [0.29, 0.717) is 42.4 Å². The summed E-state index contributed by atoms with van der Waals surface area (Å²) >= 11 is 15.2. The van der Waals surface area contributed by atoms with Crippen molar-refractivity contribution in [1.82, 2.24) is 9.55 Å². The van der Waals surface area contributed by atoms with Crippen molar-refractivity contribution >= 4 is 68.1 Å². The lowest BCUT2D eigenvalue weighted by molar-refractivity contribution is -0.113. The van der Waals surface area contributed by atoms with Crippen molar-refractivity contribution in [2.24, 2.45) is 0 Å². The Kier molecular flexibility index (Phi) is 7.09. The van der Waals surface area contributed by atoms with Crippen LogP contribution in [0.25, 0.3) is 15.9 Å². The maximum Gasteiger partial charge on any atom is 0.267 e. The molecule has 2 heterocycles. The molecule has 10 heteroatoms. The largest absolute Gasteiger partial charge is 0.324 e. The van der Waals surface area contributed by atoms with E-state index in [1.54, 1.807) is 40.2 Å². The maximum absolute atomic E-state index is 13.9. The lowest BCUT2D eigenvalue weighted by atomic mass is 9.97. The van der Waals surface area contributed by atoms with E-state index >= 15 is 0 Å². The molecule has 0 unspecified atom stereocenters. The second-order valence-electron chi connectivity index (χ2n) is 8.45. The molecule has 36 heavy (non-hydrogen) atoms. The summed E-state index contributed by atoms with van der Waals surface area (Å²) in [6.07, 6.45) is 3.99. The van der Waals surface area contributed by atoms with Crippen LogP contribution < -0.4 is 10.9 Å². The highest BCUT2D eigenvalue weighted by molar-refractivity contribution is 7.99. The van der Waals surface area contributed by atoms with Crippen LogP contribution in [-0.4, -0.2) is 21.2 Å². The Morgan fingerprint density at radius 2 is 2.06 bits per heavy atom. The first-order valence-corrected chi connectivity index (χ1v) is 13.9. The Morgan fingerprint density at radius 1 is 1.25 bits per heavy atom. The molecule has 0 fully saturated rings.